The zero-order valence-electron chi connectivity index (χ0n) is 10.2. The van der Waals surface area contributed by atoms with E-state index in [1.165, 1.54) is 18.9 Å². The number of benzene rings is 1. The molecular weight excluding hydrogens is 299 g/mol. The molecule has 0 unspecified atom stereocenters. The smallest absolute Gasteiger partial charge is 0.239 e. The molecule has 0 bridgehead atoms. The Kier molecular flexibility index (Phi) is 4.22. The minimum Gasteiger partial charge on any atom is -0.376 e. The van der Waals surface area contributed by atoms with E-state index in [2.05, 4.69) is 26.6 Å². The maximum absolute atomic E-state index is 13.2. The van der Waals surface area contributed by atoms with Gasteiger partial charge in [-0.3, -0.25) is 4.79 Å². The van der Waals surface area contributed by atoms with E-state index in [1.54, 1.807) is 13.0 Å². The molecule has 1 aliphatic carbocycles. The number of anilines is 1. The van der Waals surface area contributed by atoms with Gasteiger partial charge in [0.25, 0.3) is 0 Å². The number of hydrogen-bond acceptors (Lipinski definition) is 2. The molecular formula is C13H16BrFN2O. The van der Waals surface area contributed by atoms with E-state index in [0.29, 0.717) is 10.4 Å². The topological polar surface area (TPSA) is 41.1 Å². The molecule has 1 amide bonds. The highest BCUT2D eigenvalue weighted by molar-refractivity contribution is 9.10. The molecule has 5 heteroatoms. The largest absolute Gasteiger partial charge is 0.376 e. The Hall–Kier alpha value is -1.10. The molecule has 0 aromatic heterocycles. The van der Waals surface area contributed by atoms with E-state index in [4.69, 9.17) is 0 Å². The Morgan fingerprint density at radius 3 is 2.89 bits per heavy atom. The summed E-state index contributed by atoms with van der Waals surface area (Å²) in [5.74, 6) is 0.355. The lowest BCUT2D eigenvalue weighted by molar-refractivity contribution is -0.119. The van der Waals surface area contributed by atoms with E-state index >= 15 is 0 Å². The third kappa shape index (κ3) is 3.70. The molecule has 2 N–H and O–H groups in total. The van der Waals surface area contributed by atoms with Crippen LogP contribution in [-0.4, -0.2) is 19.0 Å². The molecule has 0 aliphatic heterocycles. The number of halogens is 2. The summed E-state index contributed by atoms with van der Waals surface area (Å²) >= 11 is 3.13. The van der Waals surface area contributed by atoms with Crippen LogP contribution >= 0.6 is 15.9 Å². The highest BCUT2D eigenvalue weighted by atomic mass is 79.9. The first kappa shape index (κ1) is 13.3. The first-order valence-corrected chi connectivity index (χ1v) is 6.82. The molecule has 0 heterocycles. The number of hydrogen-bond donors (Lipinski definition) is 2. The van der Waals surface area contributed by atoms with Gasteiger partial charge in [0.2, 0.25) is 5.91 Å². The Labute approximate surface area is 114 Å². The van der Waals surface area contributed by atoms with Crippen molar-refractivity contribution in [2.45, 2.75) is 19.8 Å². The number of amides is 1. The van der Waals surface area contributed by atoms with Crippen LogP contribution in [0.2, 0.25) is 0 Å². The van der Waals surface area contributed by atoms with Crippen LogP contribution in [0.25, 0.3) is 0 Å². The van der Waals surface area contributed by atoms with Crippen LogP contribution in [0.15, 0.2) is 16.6 Å². The lowest BCUT2D eigenvalue weighted by Gasteiger charge is -2.10. The van der Waals surface area contributed by atoms with Gasteiger partial charge in [0.15, 0.2) is 0 Å². The molecule has 0 atom stereocenters. The fourth-order valence-electron chi connectivity index (χ4n) is 1.65. The number of aryl methyl sites for hydroxylation is 1. The van der Waals surface area contributed by atoms with Crippen LogP contribution < -0.4 is 10.6 Å². The number of rotatable bonds is 5. The Balaban J connectivity index is 1.84. The van der Waals surface area contributed by atoms with E-state index in [9.17, 15) is 9.18 Å². The van der Waals surface area contributed by atoms with Crippen molar-refractivity contribution in [2.75, 3.05) is 18.4 Å². The second kappa shape index (κ2) is 5.69. The van der Waals surface area contributed by atoms with Crippen molar-refractivity contribution in [1.82, 2.24) is 5.32 Å². The van der Waals surface area contributed by atoms with Crippen LogP contribution in [0, 0.1) is 18.7 Å². The van der Waals surface area contributed by atoms with E-state index in [-0.39, 0.29) is 18.3 Å². The molecule has 1 aromatic carbocycles. The highest BCUT2D eigenvalue weighted by Crippen LogP contribution is 2.27. The summed E-state index contributed by atoms with van der Waals surface area (Å²) in [4.78, 5) is 11.6. The van der Waals surface area contributed by atoms with Gasteiger partial charge in [0.1, 0.15) is 5.82 Å². The summed E-state index contributed by atoms with van der Waals surface area (Å²) < 4.78 is 13.6. The zero-order chi connectivity index (χ0) is 13.1. The molecule has 0 saturated heterocycles. The molecule has 3 nitrogen and oxygen atoms in total. The van der Waals surface area contributed by atoms with Gasteiger partial charge in [-0.15, -0.1) is 0 Å². The Bertz CT molecular complexity index is 461. The molecule has 1 aliphatic rings. The van der Waals surface area contributed by atoms with Crippen LogP contribution in [0.1, 0.15) is 18.4 Å². The average Bonchev–Trinajstić information content (AvgIpc) is 3.13. The Morgan fingerprint density at radius 2 is 2.22 bits per heavy atom. The van der Waals surface area contributed by atoms with Crippen LogP contribution in [0.5, 0.6) is 0 Å². The summed E-state index contributed by atoms with van der Waals surface area (Å²) in [6.07, 6.45) is 2.44. The summed E-state index contributed by atoms with van der Waals surface area (Å²) in [5.41, 5.74) is 1.55. The Morgan fingerprint density at radius 1 is 1.50 bits per heavy atom. The summed E-state index contributed by atoms with van der Waals surface area (Å²) in [7, 11) is 0. The molecule has 18 heavy (non-hydrogen) atoms. The van der Waals surface area contributed by atoms with Gasteiger partial charge < -0.3 is 10.6 Å². The van der Waals surface area contributed by atoms with Crippen molar-refractivity contribution in [3.8, 4) is 0 Å². The fourth-order valence-corrected chi connectivity index (χ4v) is 2.00. The predicted octanol–water partition coefficient (Wildman–Crippen LogP) is 2.83. The van der Waals surface area contributed by atoms with Crippen LogP contribution in [0.3, 0.4) is 0 Å². The molecule has 0 radical (unpaired) electrons. The second-order valence-electron chi connectivity index (χ2n) is 4.68. The van der Waals surface area contributed by atoms with Gasteiger partial charge in [0.05, 0.1) is 11.0 Å². The molecule has 1 fully saturated rings. The lowest BCUT2D eigenvalue weighted by atomic mass is 10.2. The summed E-state index contributed by atoms with van der Waals surface area (Å²) in [5, 5.41) is 5.89. The standard InChI is InChI=1S/C13H16BrFN2O/c1-8-4-11(15)10(14)5-12(8)16-7-13(18)17-6-9-2-3-9/h4-5,9,16H,2-3,6-7H2,1H3,(H,17,18). The van der Waals surface area contributed by atoms with Crippen molar-refractivity contribution in [2.24, 2.45) is 5.92 Å². The molecule has 1 aromatic rings. The fraction of sp³-hybridized carbons (Fsp3) is 0.462. The quantitative estimate of drug-likeness (QED) is 0.877. The molecule has 2 rings (SSSR count). The van der Waals surface area contributed by atoms with Gasteiger partial charge in [-0.1, -0.05) is 0 Å². The monoisotopic (exact) mass is 314 g/mol. The van der Waals surface area contributed by atoms with Crippen molar-refractivity contribution in [3.63, 3.8) is 0 Å². The maximum Gasteiger partial charge on any atom is 0.239 e. The SMILES string of the molecule is Cc1cc(F)c(Br)cc1NCC(=O)NCC1CC1. The number of carbonyl (C=O) groups excluding carboxylic acids is 1. The van der Waals surface area contributed by atoms with Gasteiger partial charge in [-0.2, -0.15) is 0 Å². The predicted molar refractivity (Wildman–Crippen MR) is 73.1 cm³/mol. The van der Waals surface area contributed by atoms with Crippen LogP contribution in [0.4, 0.5) is 10.1 Å². The van der Waals surface area contributed by atoms with E-state index in [1.807, 2.05) is 0 Å². The lowest BCUT2D eigenvalue weighted by Crippen LogP contribution is -2.31. The third-order valence-corrected chi connectivity index (χ3v) is 3.60. The van der Waals surface area contributed by atoms with Crippen LogP contribution in [-0.2, 0) is 4.79 Å². The first-order valence-electron chi connectivity index (χ1n) is 6.02. The average molecular weight is 315 g/mol. The summed E-state index contributed by atoms with van der Waals surface area (Å²) in [6.45, 7) is 2.79. The summed E-state index contributed by atoms with van der Waals surface area (Å²) in [6, 6.07) is 3.09. The van der Waals surface area contributed by atoms with Gasteiger partial charge in [-0.25, -0.2) is 4.39 Å². The van der Waals surface area contributed by atoms with Crippen molar-refractivity contribution in [1.29, 1.82) is 0 Å². The minimum atomic E-state index is -0.295. The molecule has 98 valence electrons. The highest BCUT2D eigenvalue weighted by Gasteiger charge is 2.21. The number of nitrogens with one attached hydrogen (secondary N) is 2. The van der Waals surface area contributed by atoms with Gasteiger partial charge in [0, 0.05) is 12.2 Å². The molecule has 0 spiro atoms. The second-order valence-corrected chi connectivity index (χ2v) is 5.54. The molecule has 1 saturated carbocycles. The maximum atomic E-state index is 13.2. The zero-order valence-corrected chi connectivity index (χ0v) is 11.8. The van der Waals surface area contributed by atoms with Crippen molar-refractivity contribution < 1.29 is 9.18 Å². The normalized spacial score (nSPS) is 14.4. The van der Waals surface area contributed by atoms with E-state index in [0.717, 1.165) is 17.8 Å². The first-order chi connectivity index (χ1) is 8.56. The number of carbonyl (C=O) groups is 1. The van der Waals surface area contributed by atoms with E-state index < -0.39 is 0 Å². The van der Waals surface area contributed by atoms with Gasteiger partial charge in [-0.05, 0) is 59.3 Å². The van der Waals surface area contributed by atoms with Crippen molar-refractivity contribution >= 4 is 27.5 Å². The van der Waals surface area contributed by atoms with Gasteiger partial charge >= 0.3 is 0 Å². The van der Waals surface area contributed by atoms with Crippen molar-refractivity contribution in [3.05, 3.63) is 28.0 Å². The third-order valence-electron chi connectivity index (χ3n) is 2.99. The minimum absolute atomic E-state index is 0.0262.